The van der Waals surface area contributed by atoms with Crippen molar-refractivity contribution < 1.29 is 63.9 Å². The minimum absolute atomic E-state index is 0.120. The van der Waals surface area contributed by atoms with Crippen LogP contribution in [0.3, 0.4) is 0 Å². The van der Waals surface area contributed by atoms with Crippen LogP contribution in [0.4, 0.5) is 0 Å². The van der Waals surface area contributed by atoms with Gasteiger partial charge in [0.1, 0.15) is 62.0 Å². The molecule has 9 heterocycles. The number of aliphatic hydroxyl groups excluding tert-OH is 6. The van der Waals surface area contributed by atoms with Gasteiger partial charge in [-0.1, -0.05) is 83.9 Å². The first-order chi connectivity index (χ1) is 37.3. The second-order valence-corrected chi connectivity index (χ2v) is 19.8. The largest absolute Gasteiger partial charge is 0.459 e. The number of aromatic nitrogens is 4. The van der Waals surface area contributed by atoms with Gasteiger partial charge in [-0.25, -0.2) is 19.6 Å². The van der Waals surface area contributed by atoms with Gasteiger partial charge < -0.3 is 64.3 Å². The molecule has 10 atom stereocenters. The van der Waals surface area contributed by atoms with E-state index in [4.69, 9.17) is 33.7 Å². The molecule has 4 aromatic carbocycles. The Morgan fingerprint density at radius 3 is 1.18 bits per heavy atom. The molecule has 0 radical (unpaired) electrons. The van der Waals surface area contributed by atoms with E-state index in [1.807, 2.05) is 111 Å². The van der Waals surface area contributed by atoms with Crippen molar-refractivity contribution >= 4 is 58.3 Å². The second kappa shape index (κ2) is 20.2. The summed E-state index contributed by atoms with van der Waals surface area (Å²) in [6.45, 7) is 2.76. The Kier molecular flexibility index (Phi) is 13.1. The summed E-state index contributed by atoms with van der Waals surface area (Å²) in [5.41, 5.74) is 13.5. The van der Waals surface area contributed by atoms with Crippen molar-refractivity contribution in [1.29, 1.82) is 0 Å². The normalized spacial score (nSPS) is 25.3. The maximum atomic E-state index is 14.1. The number of aliphatic hydroxyl groups is 6. The molecule has 0 spiro atoms. The van der Waals surface area contributed by atoms with E-state index >= 15 is 0 Å². The van der Waals surface area contributed by atoms with Crippen molar-refractivity contribution in [2.24, 2.45) is 0 Å². The number of carbonyl (C=O) groups is 2. The van der Waals surface area contributed by atoms with Crippen LogP contribution < -0.4 is 0 Å². The third-order valence-corrected chi connectivity index (χ3v) is 14.6. The van der Waals surface area contributed by atoms with Crippen molar-refractivity contribution in [2.45, 2.75) is 75.3 Å². The van der Waals surface area contributed by atoms with Gasteiger partial charge in [0.05, 0.1) is 33.9 Å². The number of H-pyrrole nitrogens is 2. The Labute approximate surface area is 440 Å². The molecule has 0 amide bonds. The molecule has 13 rings (SSSR count). The monoisotopic (exact) mass is 1040 g/mol. The molecule has 10 unspecified atom stereocenters. The fourth-order valence-electron chi connectivity index (χ4n) is 10.4. The summed E-state index contributed by atoms with van der Waals surface area (Å²) in [7, 11) is 0. The minimum Gasteiger partial charge on any atom is -0.459 e. The Balaban J connectivity index is 1.12. The number of carbonyl (C=O) groups excluding carboxylic acids is 2. The third-order valence-electron chi connectivity index (χ3n) is 14.6. The molecule has 0 saturated carbocycles. The molecule has 6 aliphatic rings. The first kappa shape index (κ1) is 49.9. The Morgan fingerprint density at radius 2 is 0.766 bits per heavy atom. The number of esters is 2. The molecular weight excluding hydrogens is 985 g/mol. The number of nitrogens with zero attached hydrogens (tertiary/aromatic N) is 2. The summed E-state index contributed by atoms with van der Waals surface area (Å²) >= 11 is 0. The molecule has 390 valence electrons. The van der Waals surface area contributed by atoms with E-state index in [1.54, 1.807) is 36.4 Å². The predicted octanol–water partition coefficient (Wildman–Crippen LogP) is 6.90. The van der Waals surface area contributed by atoms with Crippen molar-refractivity contribution in [3.8, 4) is 44.5 Å². The number of ether oxygens (including phenoxy) is 5. The van der Waals surface area contributed by atoms with Gasteiger partial charge in [-0.2, -0.15) is 0 Å². The number of hydrogen-bond acceptors (Lipinski definition) is 15. The van der Waals surface area contributed by atoms with E-state index in [0.29, 0.717) is 56.1 Å². The number of hydrogen-bond donors (Lipinski definition) is 8. The van der Waals surface area contributed by atoms with E-state index in [1.165, 1.54) is 0 Å². The van der Waals surface area contributed by atoms with E-state index in [-0.39, 0.29) is 11.1 Å². The zero-order valence-electron chi connectivity index (χ0n) is 41.5. The van der Waals surface area contributed by atoms with Gasteiger partial charge in [-0.15, -0.1) is 0 Å². The lowest BCUT2D eigenvalue weighted by Gasteiger charge is -2.44. The summed E-state index contributed by atoms with van der Waals surface area (Å²) in [6.07, 6.45) is -10.2. The fourth-order valence-corrected chi connectivity index (χ4v) is 10.4. The molecule has 3 aromatic heterocycles. The molecule has 17 nitrogen and oxygen atoms in total. The summed E-state index contributed by atoms with van der Waals surface area (Å²) in [5, 5.41) is 66.1. The molecule has 8 N–H and O–H groups in total. The van der Waals surface area contributed by atoms with Crippen LogP contribution in [-0.4, -0.2) is 137 Å². The van der Waals surface area contributed by atoms with Crippen molar-refractivity contribution in [2.75, 3.05) is 13.2 Å². The van der Waals surface area contributed by atoms with Crippen LogP contribution in [0, 0.1) is 13.8 Å². The van der Waals surface area contributed by atoms with Crippen LogP contribution in [-0.2, 0) is 23.7 Å². The second-order valence-electron chi connectivity index (χ2n) is 19.8. The molecule has 6 aliphatic heterocycles. The van der Waals surface area contributed by atoms with Crippen LogP contribution in [0.1, 0.15) is 54.6 Å². The average molecular weight is 1040 g/mol. The average Bonchev–Trinajstić information content (AvgIpc) is 4.37. The molecule has 77 heavy (non-hydrogen) atoms. The van der Waals surface area contributed by atoms with E-state index in [9.17, 15) is 40.2 Å². The Bertz CT molecular complexity index is 3510. The van der Waals surface area contributed by atoms with Crippen molar-refractivity contribution in [3.05, 3.63) is 166 Å². The van der Waals surface area contributed by atoms with Crippen LogP contribution in [0.2, 0.25) is 0 Å². The highest BCUT2D eigenvalue weighted by Gasteiger charge is 2.50. The molecule has 2 fully saturated rings. The van der Waals surface area contributed by atoms with Crippen LogP contribution in [0.15, 0.2) is 121 Å². The Morgan fingerprint density at radius 1 is 0.403 bits per heavy atom. The first-order valence-corrected chi connectivity index (χ1v) is 25.2. The number of benzene rings is 4. The summed E-state index contributed by atoms with van der Waals surface area (Å²) in [6, 6.07) is 37.8. The topological polar surface area (TPSA) is 259 Å². The molecular formula is C60H52N4O13. The molecule has 7 aromatic rings. The van der Waals surface area contributed by atoms with Gasteiger partial charge in [0.2, 0.25) is 0 Å². The molecule has 18 bridgehead atoms. The van der Waals surface area contributed by atoms with Gasteiger partial charge in [0.15, 0.2) is 12.6 Å². The van der Waals surface area contributed by atoms with Gasteiger partial charge in [0.25, 0.3) is 0 Å². The molecule has 2 saturated heterocycles. The third kappa shape index (κ3) is 9.37. The SMILES string of the molecule is Cc1ccc(-c2c3nc(c4c5ccc([nH]5)c(-c5ccc(C)cc5)c5ccc([nH]5)c(c5nc2C=C5)-c2cccc(c2)C(=O)OCC2OC(OC5OC(COC(=O)c6cccc-4c6)C(O)C(O)C5O)C(O)C(O)C2O)C=C3)cc1. The smallest absolute Gasteiger partial charge is 0.338 e. The quantitative estimate of drug-likeness (QED) is 0.0820. The zero-order chi connectivity index (χ0) is 53.2. The summed E-state index contributed by atoms with van der Waals surface area (Å²) in [4.78, 5) is 46.3. The van der Waals surface area contributed by atoms with Gasteiger partial charge in [-0.3, -0.25) is 0 Å². The lowest BCUT2D eigenvalue weighted by atomic mass is 9.98. The number of nitrogens with one attached hydrogen (secondary N) is 2. The first-order valence-electron chi connectivity index (χ1n) is 25.2. The highest BCUT2D eigenvalue weighted by atomic mass is 16.8. The van der Waals surface area contributed by atoms with Crippen LogP contribution in [0.25, 0.3) is 90.9 Å². The number of rotatable bonds is 2. The maximum absolute atomic E-state index is 14.1. The summed E-state index contributed by atoms with van der Waals surface area (Å²) < 4.78 is 28.9. The van der Waals surface area contributed by atoms with Crippen molar-refractivity contribution in [3.63, 3.8) is 0 Å². The maximum Gasteiger partial charge on any atom is 0.338 e. The summed E-state index contributed by atoms with van der Waals surface area (Å²) in [5.74, 6) is -1.64. The van der Waals surface area contributed by atoms with Crippen LogP contribution in [0.5, 0.6) is 0 Å². The van der Waals surface area contributed by atoms with Gasteiger partial charge in [0, 0.05) is 44.3 Å². The highest BCUT2D eigenvalue weighted by molar-refractivity contribution is 6.01. The lowest BCUT2D eigenvalue weighted by molar-refractivity contribution is -0.376. The van der Waals surface area contributed by atoms with Gasteiger partial charge >= 0.3 is 11.9 Å². The standard InChI is InChI=1S/C60H52N4O13/c1-29-9-13-31(14-10-29)47-37-17-21-41(61-37)49-33-5-3-7-35(25-33)57(71)73-27-45-51(65)53(67)55(69)59(75-45)77-60-56(70)54(68)52(66)46(76-60)28-74-58(72)36-8-4-6-34(26-36)50(42-22-18-38(47)62-42)44-24-20-40(64-44)48(39-19-23-43(49)63-39)32-15-11-30(2)12-16-32/h3-26,45-46,51-56,59-62,65-70H,27-28H2,1-2H3. The van der Waals surface area contributed by atoms with E-state index in [0.717, 1.165) is 44.4 Å². The Hall–Kier alpha value is -7.94. The van der Waals surface area contributed by atoms with Gasteiger partial charge in [-0.05, 0) is 109 Å². The number of aromatic amines is 2. The molecule has 0 aliphatic carbocycles. The fraction of sp³-hybridized carbons (Fsp3) is 0.233. The zero-order valence-corrected chi connectivity index (χ0v) is 41.5. The van der Waals surface area contributed by atoms with E-state index < -0.39 is 86.6 Å². The highest BCUT2D eigenvalue weighted by Crippen LogP contribution is 2.40. The van der Waals surface area contributed by atoms with Crippen LogP contribution >= 0.6 is 0 Å². The van der Waals surface area contributed by atoms with Crippen molar-refractivity contribution in [1.82, 2.24) is 19.9 Å². The lowest BCUT2D eigenvalue weighted by Crippen LogP contribution is -2.64. The number of fused-ring (bicyclic) bond motifs is 4. The minimum atomic E-state index is -1.93. The predicted molar refractivity (Wildman–Crippen MR) is 285 cm³/mol. The van der Waals surface area contributed by atoms with E-state index in [2.05, 4.69) is 22.1 Å². The number of aryl methyl sites for hydroxylation is 2. The molecule has 17 heteroatoms.